The normalized spacial score (nSPS) is 12.5. The first-order chi connectivity index (χ1) is 5.25. The summed E-state index contributed by atoms with van der Waals surface area (Å²) in [5, 5.41) is 3.84. The number of halogens is 1. The van der Waals surface area contributed by atoms with Crippen molar-refractivity contribution in [2.75, 3.05) is 7.05 Å². The molecule has 2 nitrogen and oxygen atoms in total. The quantitative estimate of drug-likeness (QED) is 0.706. The van der Waals surface area contributed by atoms with Crippen LogP contribution in [0.3, 0.4) is 0 Å². The Bertz CT molecular complexity index is 235. The van der Waals surface area contributed by atoms with Crippen molar-refractivity contribution in [3.63, 3.8) is 0 Å². The van der Waals surface area contributed by atoms with E-state index in [4.69, 9.17) is 11.6 Å². The van der Waals surface area contributed by atoms with E-state index in [2.05, 4.69) is 5.32 Å². The van der Waals surface area contributed by atoms with Gasteiger partial charge in [-0.3, -0.25) is 4.79 Å². The van der Waals surface area contributed by atoms with Gasteiger partial charge >= 0.3 is 0 Å². The van der Waals surface area contributed by atoms with E-state index in [1.54, 1.807) is 7.05 Å². The van der Waals surface area contributed by atoms with Crippen LogP contribution in [-0.4, -0.2) is 13.0 Å². The molecule has 0 bridgehead atoms. The van der Waals surface area contributed by atoms with Gasteiger partial charge in [0.1, 0.15) is 5.38 Å². The summed E-state index contributed by atoms with van der Waals surface area (Å²) in [5.41, 5.74) is 0. The van der Waals surface area contributed by atoms with Crippen molar-refractivity contribution in [2.24, 2.45) is 0 Å². The van der Waals surface area contributed by atoms with Crippen LogP contribution < -0.4 is 5.32 Å². The summed E-state index contributed by atoms with van der Waals surface area (Å²) in [6.45, 7) is 0. The van der Waals surface area contributed by atoms with Gasteiger partial charge in [-0.15, -0.1) is 22.9 Å². The number of hydrogen-bond donors (Lipinski definition) is 1. The molecule has 0 saturated carbocycles. The van der Waals surface area contributed by atoms with Gasteiger partial charge in [0.15, 0.2) is 0 Å². The third kappa shape index (κ3) is 1.94. The predicted octanol–water partition coefficient (Wildman–Crippen LogP) is 1.77. The van der Waals surface area contributed by atoms with Crippen LogP contribution in [0.15, 0.2) is 17.5 Å². The van der Waals surface area contributed by atoms with Crippen molar-refractivity contribution in [3.05, 3.63) is 22.4 Å². The monoisotopic (exact) mass is 189 g/mol. The molecule has 1 amide bonds. The average Bonchev–Trinajstić information content (AvgIpc) is 2.53. The first-order valence-electron chi connectivity index (χ1n) is 3.14. The van der Waals surface area contributed by atoms with Crippen LogP contribution in [0.4, 0.5) is 0 Å². The molecule has 0 saturated heterocycles. The number of amides is 1. The standard InChI is InChI=1S/C7H8ClNOS/c1-9-7(10)6(8)5-3-2-4-11-5/h2-4,6H,1H3,(H,9,10). The van der Waals surface area contributed by atoms with Crippen LogP contribution >= 0.6 is 22.9 Å². The van der Waals surface area contributed by atoms with Crippen LogP contribution in [0.2, 0.25) is 0 Å². The van der Waals surface area contributed by atoms with Crippen LogP contribution in [-0.2, 0) is 4.79 Å². The van der Waals surface area contributed by atoms with Crippen molar-refractivity contribution in [2.45, 2.75) is 5.38 Å². The van der Waals surface area contributed by atoms with Gasteiger partial charge in [-0.05, 0) is 11.4 Å². The Morgan fingerprint density at radius 1 is 1.82 bits per heavy atom. The lowest BCUT2D eigenvalue weighted by Gasteiger charge is -2.03. The summed E-state index contributed by atoms with van der Waals surface area (Å²) in [7, 11) is 1.57. The molecule has 0 aromatic carbocycles. The van der Waals surface area contributed by atoms with Gasteiger partial charge in [-0.25, -0.2) is 0 Å². The largest absolute Gasteiger partial charge is 0.358 e. The third-order valence-electron chi connectivity index (χ3n) is 1.27. The van der Waals surface area contributed by atoms with Crippen molar-refractivity contribution in [3.8, 4) is 0 Å². The maximum atomic E-state index is 11.0. The highest BCUT2D eigenvalue weighted by Gasteiger charge is 2.16. The second-order valence-electron chi connectivity index (χ2n) is 1.99. The highest BCUT2D eigenvalue weighted by atomic mass is 35.5. The Labute approximate surface area is 74.2 Å². The number of nitrogens with one attached hydrogen (secondary N) is 1. The average molecular weight is 190 g/mol. The van der Waals surface area contributed by atoms with Crippen molar-refractivity contribution < 1.29 is 4.79 Å². The molecular formula is C7H8ClNOS. The zero-order valence-electron chi connectivity index (χ0n) is 6.00. The number of rotatable bonds is 2. The van der Waals surface area contributed by atoms with Crippen LogP contribution in [0.1, 0.15) is 10.3 Å². The second-order valence-corrected chi connectivity index (χ2v) is 3.41. The van der Waals surface area contributed by atoms with Crippen molar-refractivity contribution in [1.82, 2.24) is 5.32 Å². The molecule has 0 radical (unpaired) electrons. The molecule has 1 aromatic heterocycles. The first-order valence-corrected chi connectivity index (χ1v) is 4.46. The van der Waals surface area contributed by atoms with Gasteiger partial charge in [0.2, 0.25) is 5.91 Å². The number of hydrogen-bond acceptors (Lipinski definition) is 2. The molecule has 1 aromatic rings. The molecule has 0 spiro atoms. The van der Waals surface area contributed by atoms with E-state index in [9.17, 15) is 4.79 Å². The van der Waals surface area contributed by atoms with Crippen LogP contribution in [0, 0.1) is 0 Å². The Morgan fingerprint density at radius 3 is 3.00 bits per heavy atom. The Kier molecular flexibility index (Phi) is 2.91. The maximum absolute atomic E-state index is 11.0. The molecule has 4 heteroatoms. The first kappa shape index (κ1) is 8.56. The third-order valence-corrected chi connectivity index (χ3v) is 2.77. The Balaban J connectivity index is 2.70. The lowest BCUT2D eigenvalue weighted by atomic mass is 10.3. The predicted molar refractivity (Wildman–Crippen MR) is 47.0 cm³/mol. The summed E-state index contributed by atoms with van der Waals surface area (Å²) >= 11 is 7.28. The van der Waals surface area contributed by atoms with Gasteiger partial charge in [0, 0.05) is 11.9 Å². The van der Waals surface area contributed by atoms with Gasteiger partial charge in [0.25, 0.3) is 0 Å². The number of alkyl halides is 1. The topological polar surface area (TPSA) is 29.1 Å². The lowest BCUT2D eigenvalue weighted by Crippen LogP contribution is -2.21. The second kappa shape index (κ2) is 3.74. The summed E-state index contributed by atoms with van der Waals surface area (Å²) in [6.07, 6.45) is 0. The van der Waals surface area contributed by atoms with Gasteiger partial charge in [-0.1, -0.05) is 6.07 Å². The minimum absolute atomic E-state index is 0.158. The smallest absolute Gasteiger partial charge is 0.243 e. The van der Waals surface area contributed by atoms with E-state index in [1.807, 2.05) is 17.5 Å². The lowest BCUT2D eigenvalue weighted by molar-refractivity contribution is -0.120. The molecular weight excluding hydrogens is 182 g/mol. The molecule has 0 fully saturated rings. The maximum Gasteiger partial charge on any atom is 0.243 e. The number of carbonyl (C=O) groups excluding carboxylic acids is 1. The van der Waals surface area contributed by atoms with E-state index in [-0.39, 0.29) is 5.91 Å². The molecule has 1 rings (SSSR count). The number of carbonyl (C=O) groups is 1. The minimum atomic E-state index is -0.542. The summed E-state index contributed by atoms with van der Waals surface area (Å²) in [4.78, 5) is 11.9. The fourth-order valence-electron chi connectivity index (χ4n) is 0.691. The summed E-state index contributed by atoms with van der Waals surface area (Å²) in [6, 6.07) is 3.72. The molecule has 1 atom stereocenters. The van der Waals surface area contributed by atoms with Crippen LogP contribution in [0.5, 0.6) is 0 Å². The SMILES string of the molecule is CNC(=O)C(Cl)c1cccs1. The minimum Gasteiger partial charge on any atom is -0.358 e. The molecule has 1 unspecified atom stereocenters. The number of thiophene rings is 1. The van der Waals surface area contributed by atoms with E-state index >= 15 is 0 Å². The molecule has 1 heterocycles. The van der Waals surface area contributed by atoms with Crippen molar-refractivity contribution >= 4 is 28.8 Å². The molecule has 0 aliphatic carbocycles. The zero-order chi connectivity index (χ0) is 8.27. The zero-order valence-corrected chi connectivity index (χ0v) is 7.58. The molecule has 11 heavy (non-hydrogen) atoms. The Hall–Kier alpha value is -0.540. The van der Waals surface area contributed by atoms with Gasteiger partial charge in [-0.2, -0.15) is 0 Å². The fraction of sp³-hybridized carbons (Fsp3) is 0.286. The van der Waals surface area contributed by atoms with E-state index in [0.717, 1.165) is 4.88 Å². The number of likely N-dealkylation sites (N-methyl/N-ethyl adjacent to an activating group) is 1. The van der Waals surface area contributed by atoms with Crippen LogP contribution in [0.25, 0.3) is 0 Å². The summed E-state index contributed by atoms with van der Waals surface area (Å²) < 4.78 is 0. The molecule has 1 N–H and O–H groups in total. The molecule has 60 valence electrons. The van der Waals surface area contributed by atoms with Crippen molar-refractivity contribution in [1.29, 1.82) is 0 Å². The van der Waals surface area contributed by atoms with Gasteiger partial charge in [0.05, 0.1) is 0 Å². The fourth-order valence-corrected chi connectivity index (χ4v) is 1.73. The van der Waals surface area contributed by atoms with Gasteiger partial charge < -0.3 is 5.32 Å². The van der Waals surface area contributed by atoms with E-state index in [0.29, 0.717) is 0 Å². The highest BCUT2D eigenvalue weighted by Crippen LogP contribution is 2.24. The van der Waals surface area contributed by atoms with E-state index in [1.165, 1.54) is 11.3 Å². The summed E-state index contributed by atoms with van der Waals surface area (Å²) in [5.74, 6) is -0.158. The molecule has 0 aliphatic heterocycles. The molecule has 0 aliphatic rings. The van der Waals surface area contributed by atoms with E-state index < -0.39 is 5.38 Å². The highest BCUT2D eigenvalue weighted by molar-refractivity contribution is 7.10. The Morgan fingerprint density at radius 2 is 2.55 bits per heavy atom.